The van der Waals surface area contributed by atoms with E-state index in [4.69, 9.17) is 4.74 Å². The van der Waals surface area contributed by atoms with Crippen LogP contribution in [0.15, 0.2) is 30.3 Å². The fourth-order valence-electron chi connectivity index (χ4n) is 2.30. The van der Waals surface area contributed by atoms with Crippen molar-refractivity contribution >= 4 is 10.0 Å². The summed E-state index contributed by atoms with van der Waals surface area (Å²) < 4.78 is 31.9. The van der Waals surface area contributed by atoms with Gasteiger partial charge in [-0.1, -0.05) is 43.7 Å². The van der Waals surface area contributed by atoms with E-state index in [1.165, 1.54) is 0 Å². The van der Waals surface area contributed by atoms with E-state index in [1.54, 1.807) is 4.31 Å². The molecule has 0 N–H and O–H groups in total. The minimum Gasteiger partial charge on any atom is -0.378 e. The number of ether oxygens (including phenoxy) is 1. The molecule has 0 aliphatic carbocycles. The second-order valence-electron chi connectivity index (χ2n) is 4.78. The van der Waals surface area contributed by atoms with Gasteiger partial charge in [-0.05, 0) is 12.0 Å². The van der Waals surface area contributed by atoms with Crippen molar-refractivity contribution in [3.05, 3.63) is 35.9 Å². The number of hydrogen-bond acceptors (Lipinski definition) is 3. The molecule has 1 aliphatic rings. The van der Waals surface area contributed by atoms with Gasteiger partial charge in [-0.15, -0.1) is 0 Å². The maximum absolute atomic E-state index is 12.4. The molecule has 1 heterocycles. The van der Waals surface area contributed by atoms with Crippen LogP contribution in [0.5, 0.6) is 0 Å². The first-order chi connectivity index (χ1) is 9.15. The van der Waals surface area contributed by atoms with Gasteiger partial charge in [-0.25, -0.2) is 8.42 Å². The molecule has 1 unspecified atom stereocenters. The third-order valence-electron chi connectivity index (χ3n) is 3.38. The molecule has 0 aromatic heterocycles. The molecule has 1 aliphatic heterocycles. The smallest absolute Gasteiger partial charge is 0.214 e. The molecule has 1 atom stereocenters. The molecule has 1 aromatic rings. The summed E-state index contributed by atoms with van der Waals surface area (Å²) in [6, 6.07) is 9.53. The summed E-state index contributed by atoms with van der Waals surface area (Å²) in [6.07, 6.45) is 1.60. The van der Waals surface area contributed by atoms with Crippen molar-refractivity contribution in [3.8, 4) is 0 Å². The van der Waals surface area contributed by atoms with Gasteiger partial charge in [0.15, 0.2) is 0 Å². The van der Waals surface area contributed by atoms with Crippen LogP contribution in [0.1, 0.15) is 31.4 Å². The van der Waals surface area contributed by atoms with Crippen LogP contribution in [0.25, 0.3) is 0 Å². The second-order valence-corrected chi connectivity index (χ2v) is 6.82. The van der Waals surface area contributed by atoms with Crippen molar-refractivity contribution < 1.29 is 13.2 Å². The molecule has 0 bridgehead atoms. The van der Waals surface area contributed by atoms with Crippen LogP contribution in [0.3, 0.4) is 0 Å². The van der Waals surface area contributed by atoms with Crippen LogP contribution in [0, 0.1) is 0 Å². The highest BCUT2D eigenvalue weighted by Crippen LogP contribution is 2.27. The van der Waals surface area contributed by atoms with Gasteiger partial charge < -0.3 is 4.74 Å². The van der Waals surface area contributed by atoms with Crippen LogP contribution < -0.4 is 0 Å². The quantitative estimate of drug-likeness (QED) is 0.832. The van der Waals surface area contributed by atoms with E-state index in [9.17, 15) is 8.42 Å². The maximum Gasteiger partial charge on any atom is 0.214 e. The van der Waals surface area contributed by atoms with E-state index < -0.39 is 10.0 Å². The van der Waals surface area contributed by atoms with E-state index in [0.29, 0.717) is 26.2 Å². The number of benzene rings is 1. The Labute approximate surface area is 115 Å². The SMILES string of the molecule is CCCCS(=O)(=O)N1CCOCC1c1ccccc1. The Bertz CT molecular complexity index is 487. The zero-order chi connectivity index (χ0) is 13.7. The van der Waals surface area contributed by atoms with E-state index in [0.717, 1.165) is 12.0 Å². The van der Waals surface area contributed by atoms with E-state index >= 15 is 0 Å². The molecule has 1 fully saturated rings. The monoisotopic (exact) mass is 283 g/mol. The summed E-state index contributed by atoms with van der Waals surface area (Å²) >= 11 is 0. The molecule has 19 heavy (non-hydrogen) atoms. The first-order valence-corrected chi connectivity index (χ1v) is 8.38. The second kappa shape index (κ2) is 6.50. The van der Waals surface area contributed by atoms with Crippen molar-refractivity contribution in [2.75, 3.05) is 25.5 Å². The molecule has 0 saturated carbocycles. The maximum atomic E-state index is 12.4. The summed E-state index contributed by atoms with van der Waals surface area (Å²) in [6.45, 7) is 3.37. The molecular weight excluding hydrogens is 262 g/mol. The predicted octanol–water partition coefficient (Wildman–Crippen LogP) is 2.19. The number of nitrogens with zero attached hydrogens (tertiary/aromatic N) is 1. The highest BCUT2D eigenvalue weighted by Gasteiger charge is 2.33. The lowest BCUT2D eigenvalue weighted by Crippen LogP contribution is -2.44. The standard InChI is InChI=1S/C14H21NO3S/c1-2-3-11-19(16,17)15-9-10-18-12-14(15)13-7-5-4-6-8-13/h4-8,14H,2-3,9-12H2,1H3. The van der Waals surface area contributed by atoms with Crippen LogP contribution >= 0.6 is 0 Å². The molecule has 0 radical (unpaired) electrons. The van der Waals surface area contributed by atoms with Crippen LogP contribution in [-0.4, -0.2) is 38.2 Å². The summed E-state index contributed by atoms with van der Waals surface area (Å²) in [5, 5.41) is 0. The average Bonchev–Trinajstić information content (AvgIpc) is 2.46. The molecular formula is C14H21NO3S. The van der Waals surface area contributed by atoms with Gasteiger partial charge >= 0.3 is 0 Å². The first kappa shape index (κ1) is 14.5. The van der Waals surface area contributed by atoms with Crippen molar-refractivity contribution in [2.45, 2.75) is 25.8 Å². The van der Waals surface area contributed by atoms with Crippen LogP contribution in [0.4, 0.5) is 0 Å². The first-order valence-electron chi connectivity index (χ1n) is 6.77. The van der Waals surface area contributed by atoms with Crippen molar-refractivity contribution in [1.82, 2.24) is 4.31 Å². The van der Waals surface area contributed by atoms with Crippen LogP contribution in [-0.2, 0) is 14.8 Å². The predicted molar refractivity (Wildman–Crippen MR) is 75.4 cm³/mol. The van der Waals surface area contributed by atoms with Gasteiger partial charge in [0.2, 0.25) is 10.0 Å². The highest BCUT2D eigenvalue weighted by molar-refractivity contribution is 7.89. The lowest BCUT2D eigenvalue weighted by Gasteiger charge is -2.34. The summed E-state index contributed by atoms with van der Waals surface area (Å²) in [5.74, 6) is 0.229. The largest absolute Gasteiger partial charge is 0.378 e. The normalized spacial score (nSPS) is 21.4. The fourth-order valence-corrected chi connectivity index (χ4v) is 4.11. The summed E-state index contributed by atoms with van der Waals surface area (Å²) in [5.41, 5.74) is 1.00. The Kier molecular flexibility index (Phi) is 4.96. The number of unbranched alkanes of at least 4 members (excludes halogenated alkanes) is 1. The summed E-state index contributed by atoms with van der Waals surface area (Å²) in [4.78, 5) is 0. The van der Waals surface area contributed by atoms with Gasteiger partial charge in [-0.3, -0.25) is 0 Å². The molecule has 106 valence electrons. The van der Waals surface area contributed by atoms with Gasteiger partial charge in [0.25, 0.3) is 0 Å². The average molecular weight is 283 g/mol. The third-order valence-corrected chi connectivity index (χ3v) is 5.33. The Morgan fingerprint density at radius 3 is 2.74 bits per heavy atom. The molecule has 0 amide bonds. The zero-order valence-corrected chi connectivity index (χ0v) is 12.1. The molecule has 4 nitrogen and oxygen atoms in total. The molecule has 5 heteroatoms. The number of hydrogen-bond donors (Lipinski definition) is 0. The van der Waals surface area contributed by atoms with Gasteiger partial charge in [-0.2, -0.15) is 4.31 Å². The Hall–Kier alpha value is -0.910. The Balaban J connectivity index is 2.21. The number of sulfonamides is 1. The number of morpholine rings is 1. The van der Waals surface area contributed by atoms with Gasteiger partial charge in [0, 0.05) is 6.54 Å². The van der Waals surface area contributed by atoms with E-state index in [2.05, 4.69) is 0 Å². The topological polar surface area (TPSA) is 46.6 Å². The van der Waals surface area contributed by atoms with Crippen molar-refractivity contribution in [3.63, 3.8) is 0 Å². The zero-order valence-electron chi connectivity index (χ0n) is 11.3. The molecule has 0 spiro atoms. The lowest BCUT2D eigenvalue weighted by atomic mass is 10.1. The minimum atomic E-state index is -3.19. The van der Waals surface area contributed by atoms with Gasteiger partial charge in [0.1, 0.15) is 0 Å². The Morgan fingerprint density at radius 2 is 2.05 bits per heavy atom. The minimum absolute atomic E-state index is 0.184. The van der Waals surface area contributed by atoms with E-state index in [1.807, 2.05) is 37.3 Å². The lowest BCUT2D eigenvalue weighted by molar-refractivity contribution is 0.0321. The number of rotatable bonds is 5. The van der Waals surface area contributed by atoms with Crippen molar-refractivity contribution in [2.24, 2.45) is 0 Å². The highest BCUT2D eigenvalue weighted by atomic mass is 32.2. The third kappa shape index (κ3) is 3.55. The Morgan fingerprint density at radius 1 is 1.32 bits per heavy atom. The van der Waals surface area contributed by atoms with Gasteiger partial charge in [0.05, 0.1) is 25.0 Å². The van der Waals surface area contributed by atoms with E-state index in [-0.39, 0.29) is 11.8 Å². The van der Waals surface area contributed by atoms with Crippen molar-refractivity contribution in [1.29, 1.82) is 0 Å². The summed E-state index contributed by atoms with van der Waals surface area (Å²) in [7, 11) is -3.19. The molecule has 1 saturated heterocycles. The molecule has 1 aromatic carbocycles. The van der Waals surface area contributed by atoms with Crippen LogP contribution in [0.2, 0.25) is 0 Å². The fraction of sp³-hybridized carbons (Fsp3) is 0.571. The molecule has 2 rings (SSSR count).